The summed E-state index contributed by atoms with van der Waals surface area (Å²) in [5.41, 5.74) is -0.0257. The minimum absolute atomic E-state index is 0.0257. The molecule has 11 nitrogen and oxygen atoms in total. The Morgan fingerprint density at radius 2 is 1.83 bits per heavy atom. The van der Waals surface area contributed by atoms with Gasteiger partial charge in [-0.05, 0) is 20.8 Å². The van der Waals surface area contributed by atoms with Crippen molar-refractivity contribution in [3.05, 3.63) is 12.2 Å². The summed E-state index contributed by atoms with van der Waals surface area (Å²) in [5, 5.41) is 28.8. The first kappa shape index (κ1) is 24.8. The predicted octanol–water partition coefficient (Wildman–Crippen LogP) is 0.214. The lowest BCUT2D eigenvalue weighted by molar-refractivity contribution is -0.134. The molecular formula is C17H28N4O7S. The van der Waals surface area contributed by atoms with E-state index in [-0.39, 0.29) is 12.1 Å². The number of carbonyl (C=O) groups is 2. The van der Waals surface area contributed by atoms with E-state index >= 15 is 0 Å². The zero-order valence-electron chi connectivity index (χ0n) is 16.7. The fourth-order valence-corrected chi connectivity index (χ4v) is 2.56. The maximum absolute atomic E-state index is 9.95. The quantitative estimate of drug-likeness (QED) is 0.417. The standard InChI is InChI=1S/C13H24N4O3S.C4H4O4/c1-13(2,3)14-8-10(18)9-20-12-11(15-21-16-12)17-4-6-19-7-5-17;5-3(6)1-2-4(7)8/h10,14,18H,4-9H2,1-3H3;1-2H,(H,5,6)(H,7,8)/b;2-1+/t10-;/m0./s1. The molecule has 0 bridgehead atoms. The predicted molar refractivity (Wildman–Crippen MR) is 107 cm³/mol. The Kier molecular flexibility index (Phi) is 10.5. The van der Waals surface area contributed by atoms with E-state index < -0.39 is 18.0 Å². The van der Waals surface area contributed by atoms with Crippen molar-refractivity contribution in [2.75, 3.05) is 44.4 Å². The van der Waals surface area contributed by atoms with Gasteiger partial charge in [-0.3, -0.25) is 0 Å². The SMILES string of the molecule is CC(C)(C)NC[C@H](O)COc1nsnc1N1CCOCC1.O=C(O)/C=C/C(=O)O. The lowest BCUT2D eigenvalue weighted by Gasteiger charge is -2.27. The Labute approximate surface area is 173 Å². The highest BCUT2D eigenvalue weighted by Crippen LogP contribution is 2.26. The number of anilines is 1. The van der Waals surface area contributed by atoms with Crippen molar-refractivity contribution in [2.24, 2.45) is 0 Å². The van der Waals surface area contributed by atoms with Crippen LogP contribution in [0, 0.1) is 0 Å². The second-order valence-electron chi connectivity index (χ2n) is 7.10. The van der Waals surface area contributed by atoms with Crippen molar-refractivity contribution < 1.29 is 34.4 Å². The van der Waals surface area contributed by atoms with Crippen molar-refractivity contribution in [3.8, 4) is 5.88 Å². The molecule has 12 heteroatoms. The van der Waals surface area contributed by atoms with Crippen molar-refractivity contribution >= 4 is 29.5 Å². The van der Waals surface area contributed by atoms with Crippen molar-refractivity contribution in [1.82, 2.24) is 14.1 Å². The Morgan fingerprint density at radius 3 is 2.34 bits per heavy atom. The van der Waals surface area contributed by atoms with Gasteiger partial charge < -0.3 is 35.0 Å². The summed E-state index contributed by atoms with van der Waals surface area (Å²) in [7, 11) is 0. The topological polar surface area (TPSA) is 154 Å². The molecule has 1 fully saturated rings. The lowest BCUT2D eigenvalue weighted by Crippen LogP contribution is -2.42. The molecular weight excluding hydrogens is 404 g/mol. The molecule has 1 aromatic heterocycles. The monoisotopic (exact) mass is 432 g/mol. The number of aromatic nitrogens is 2. The smallest absolute Gasteiger partial charge is 0.328 e. The van der Waals surface area contributed by atoms with Crippen LogP contribution in [0.3, 0.4) is 0 Å². The van der Waals surface area contributed by atoms with Gasteiger partial charge in [0.05, 0.1) is 24.9 Å². The molecule has 1 atom stereocenters. The average molecular weight is 432 g/mol. The van der Waals surface area contributed by atoms with E-state index in [1.807, 2.05) is 0 Å². The molecule has 0 radical (unpaired) electrons. The minimum Gasteiger partial charge on any atom is -0.478 e. The summed E-state index contributed by atoms with van der Waals surface area (Å²) in [6.07, 6.45) is 0.536. The van der Waals surface area contributed by atoms with Crippen molar-refractivity contribution in [3.63, 3.8) is 0 Å². The maximum Gasteiger partial charge on any atom is 0.328 e. The third-order valence-corrected chi connectivity index (χ3v) is 3.90. The van der Waals surface area contributed by atoms with Crippen LogP contribution in [0.1, 0.15) is 20.8 Å². The van der Waals surface area contributed by atoms with Gasteiger partial charge in [0.2, 0.25) is 5.82 Å². The average Bonchev–Trinajstić information content (AvgIpc) is 3.12. The highest BCUT2D eigenvalue weighted by molar-refractivity contribution is 6.99. The van der Waals surface area contributed by atoms with Crippen LogP contribution in [-0.4, -0.2) is 87.1 Å². The van der Waals surface area contributed by atoms with Gasteiger partial charge in [-0.1, -0.05) is 0 Å². The summed E-state index contributed by atoms with van der Waals surface area (Å²) < 4.78 is 19.4. The number of rotatable bonds is 8. The van der Waals surface area contributed by atoms with Gasteiger partial charge in [-0.2, -0.15) is 4.37 Å². The Hall–Kier alpha value is -2.28. The minimum atomic E-state index is -1.26. The number of β-amino-alcohol motifs (C(OH)–C–C–N with tert-alkyl or cyclic N) is 1. The van der Waals surface area contributed by atoms with E-state index in [4.69, 9.17) is 19.7 Å². The summed E-state index contributed by atoms with van der Waals surface area (Å²) in [6, 6.07) is 0. The molecule has 1 aliphatic rings. The first-order chi connectivity index (χ1) is 13.6. The van der Waals surface area contributed by atoms with Crippen LogP contribution in [0.4, 0.5) is 5.82 Å². The fourth-order valence-electron chi connectivity index (χ4n) is 2.04. The van der Waals surface area contributed by atoms with E-state index in [0.717, 1.165) is 30.6 Å². The van der Waals surface area contributed by atoms with E-state index in [9.17, 15) is 14.7 Å². The van der Waals surface area contributed by atoms with Crippen LogP contribution in [-0.2, 0) is 14.3 Å². The second-order valence-corrected chi connectivity index (χ2v) is 7.63. The van der Waals surface area contributed by atoms with E-state index in [1.165, 1.54) is 0 Å². The molecule has 1 aromatic rings. The second kappa shape index (κ2) is 12.3. The number of aliphatic carboxylic acids is 2. The molecule has 4 N–H and O–H groups in total. The first-order valence-electron chi connectivity index (χ1n) is 8.93. The zero-order chi connectivity index (χ0) is 21.9. The summed E-state index contributed by atoms with van der Waals surface area (Å²) in [6.45, 7) is 9.81. The molecule has 29 heavy (non-hydrogen) atoms. The Bertz CT molecular complexity index is 653. The number of hydrogen-bond acceptors (Lipinski definition) is 10. The number of nitrogens with zero attached hydrogens (tertiary/aromatic N) is 3. The van der Waals surface area contributed by atoms with Crippen molar-refractivity contribution in [2.45, 2.75) is 32.4 Å². The van der Waals surface area contributed by atoms with Gasteiger partial charge in [-0.15, -0.1) is 4.37 Å². The normalized spacial score (nSPS) is 15.5. The highest BCUT2D eigenvalue weighted by Gasteiger charge is 2.21. The molecule has 0 spiro atoms. The highest BCUT2D eigenvalue weighted by atomic mass is 32.1. The van der Waals surface area contributed by atoms with Crippen LogP contribution in [0.2, 0.25) is 0 Å². The van der Waals surface area contributed by atoms with E-state index in [2.05, 4.69) is 39.7 Å². The molecule has 0 saturated carbocycles. The number of aliphatic hydroxyl groups excluding tert-OH is 1. The Balaban J connectivity index is 0.000000447. The first-order valence-corrected chi connectivity index (χ1v) is 9.66. The van der Waals surface area contributed by atoms with E-state index in [0.29, 0.717) is 37.8 Å². The molecule has 0 unspecified atom stereocenters. The van der Waals surface area contributed by atoms with Crippen molar-refractivity contribution in [1.29, 1.82) is 0 Å². The lowest BCUT2D eigenvalue weighted by atomic mass is 10.1. The van der Waals surface area contributed by atoms with Crippen LogP contribution in [0.25, 0.3) is 0 Å². The maximum atomic E-state index is 9.95. The van der Waals surface area contributed by atoms with E-state index in [1.54, 1.807) is 0 Å². The molecule has 1 aliphatic heterocycles. The Morgan fingerprint density at radius 1 is 1.24 bits per heavy atom. The summed E-state index contributed by atoms with van der Waals surface area (Å²) in [4.78, 5) is 21.2. The number of carboxylic acids is 2. The van der Waals surface area contributed by atoms with Gasteiger partial charge in [0.1, 0.15) is 12.7 Å². The van der Waals surface area contributed by atoms with Gasteiger partial charge >= 0.3 is 11.9 Å². The van der Waals surface area contributed by atoms with Crippen LogP contribution < -0.4 is 15.0 Å². The largest absolute Gasteiger partial charge is 0.478 e. The van der Waals surface area contributed by atoms with Crippen LogP contribution in [0.15, 0.2) is 12.2 Å². The summed E-state index contributed by atoms with van der Waals surface area (Å²) >= 11 is 1.12. The number of nitrogens with one attached hydrogen (secondary N) is 1. The molecule has 164 valence electrons. The van der Waals surface area contributed by atoms with Gasteiger partial charge in [0.15, 0.2) is 0 Å². The number of aliphatic hydroxyl groups is 1. The van der Waals surface area contributed by atoms with Gasteiger partial charge in [-0.25, -0.2) is 9.59 Å². The number of morpholine rings is 1. The number of carboxylic acid groups (broad SMARTS) is 2. The third-order valence-electron chi connectivity index (χ3n) is 3.40. The fraction of sp³-hybridized carbons (Fsp3) is 0.647. The molecule has 2 rings (SSSR count). The molecule has 0 aromatic carbocycles. The van der Waals surface area contributed by atoms with Gasteiger partial charge in [0, 0.05) is 37.3 Å². The summed E-state index contributed by atoms with van der Waals surface area (Å²) in [5.74, 6) is -1.27. The van der Waals surface area contributed by atoms with Crippen LogP contribution in [0.5, 0.6) is 5.88 Å². The third kappa shape index (κ3) is 11.3. The van der Waals surface area contributed by atoms with Gasteiger partial charge in [0.25, 0.3) is 5.88 Å². The molecule has 2 heterocycles. The number of hydrogen-bond donors (Lipinski definition) is 4. The molecule has 0 aliphatic carbocycles. The molecule has 1 saturated heterocycles. The zero-order valence-corrected chi connectivity index (χ0v) is 17.5. The van der Waals surface area contributed by atoms with Crippen LogP contribution >= 0.6 is 11.7 Å². The number of ether oxygens (including phenoxy) is 2. The molecule has 0 amide bonds.